The van der Waals surface area contributed by atoms with Gasteiger partial charge in [0.25, 0.3) is 5.91 Å². The highest BCUT2D eigenvalue weighted by Gasteiger charge is 2.26. The van der Waals surface area contributed by atoms with Gasteiger partial charge >= 0.3 is 0 Å². The summed E-state index contributed by atoms with van der Waals surface area (Å²) in [6, 6.07) is 7.62. The van der Waals surface area contributed by atoms with Gasteiger partial charge in [0.15, 0.2) is 0 Å². The Hall–Kier alpha value is -2.73. The highest BCUT2D eigenvalue weighted by atomic mass is 35.5. The van der Waals surface area contributed by atoms with Gasteiger partial charge in [-0.2, -0.15) is 0 Å². The molecule has 2 aromatic heterocycles. The third-order valence-corrected chi connectivity index (χ3v) is 4.16. The van der Waals surface area contributed by atoms with E-state index in [1.807, 2.05) is 6.92 Å². The van der Waals surface area contributed by atoms with Crippen molar-refractivity contribution in [1.29, 1.82) is 0 Å². The van der Waals surface area contributed by atoms with E-state index in [1.54, 1.807) is 31.5 Å². The van der Waals surface area contributed by atoms with E-state index in [0.717, 1.165) is 5.56 Å². The number of nitrogens with zero attached hydrogens (tertiary/aromatic N) is 2. The van der Waals surface area contributed by atoms with Crippen LogP contribution in [0.5, 0.6) is 0 Å². The van der Waals surface area contributed by atoms with E-state index >= 15 is 0 Å². The van der Waals surface area contributed by atoms with Crippen molar-refractivity contribution in [3.63, 3.8) is 0 Å². The maximum atomic E-state index is 14.2. The van der Waals surface area contributed by atoms with E-state index in [2.05, 4.69) is 15.5 Å². The van der Waals surface area contributed by atoms with E-state index in [9.17, 15) is 9.18 Å². The molecule has 0 saturated heterocycles. The smallest absolute Gasteiger partial charge is 0.257 e. The first kappa shape index (κ1) is 17.1. The number of nitrogens with one attached hydrogen (secondary N) is 1. The third kappa shape index (κ3) is 3.39. The van der Waals surface area contributed by atoms with E-state index in [0.29, 0.717) is 0 Å². The Morgan fingerprint density at radius 1 is 1.28 bits per heavy atom. The van der Waals surface area contributed by atoms with Crippen LogP contribution in [-0.4, -0.2) is 16.0 Å². The molecule has 0 aliphatic rings. The van der Waals surface area contributed by atoms with Gasteiger partial charge in [0.1, 0.15) is 22.8 Å². The molecule has 0 fully saturated rings. The number of hydrogen-bond donors (Lipinski definition) is 1. The lowest BCUT2D eigenvalue weighted by atomic mass is 10.0. The molecule has 1 aromatic carbocycles. The Kier molecular flexibility index (Phi) is 4.81. The Bertz CT molecular complexity index is 892. The van der Waals surface area contributed by atoms with Crippen molar-refractivity contribution in [2.45, 2.75) is 19.9 Å². The molecule has 0 aliphatic heterocycles. The lowest BCUT2D eigenvalue weighted by Gasteiger charge is -2.14. The molecule has 5 nitrogen and oxygen atoms in total. The number of rotatable bonds is 4. The van der Waals surface area contributed by atoms with Crippen LogP contribution in [0, 0.1) is 12.7 Å². The number of carbonyl (C=O) groups is 1. The minimum atomic E-state index is -0.572. The summed E-state index contributed by atoms with van der Waals surface area (Å²) in [6.07, 6.45) is 3.29. The molecule has 3 aromatic rings. The molecule has 3 rings (SSSR count). The average Bonchev–Trinajstić information content (AvgIpc) is 2.97. The van der Waals surface area contributed by atoms with Crippen molar-refractivity contribution in [2.75, 3.05) is 0 Å². The molecule has 0 spiro atoms. The van der Waals surface area contributed by atoms with Gasteiger partial charge in [0, 0.05) is 12.4 Å². The zero-order valence-electron chi connectivity index (χ0n) is 13.6. The minimum absolute atomic E-state index is 0.0442. The first-order valence-electron chi connectivity index (χ1n) is 7.60. The maximum absolute atomic E-state index is 14.2. The number of pyridine rings is 1. The van der Waals surface area contributed by atoms with Gasteiger partial charge in [-0.15, -0.1) is 0 Å². The van der Waals surface area contributed by atoms with E-state index in [1.165, 1.54) is 18.2 Å². The molecule has 0 bridgehead atoms. The fourth-order valence-corrected chi connectivity index (χ4v) is 2.79. The molecular weight excluding hydrogens is 345 g/mol. The van der Waals surface area contributed by atoms with Crippen molar-refractivity contribution >= 4 is 17.5 Å². The largest absolute Gasteiger partial charge is 0.360 e. The summed E-state index contributed by atoms with van der Waals surface area (Å²) in [6.45, 7) is 3.43. The quantitative estimate of drug-likeness (QED) is 0.752. The second-order valence-corrected chi connectivity index (χ2v) is 5.94. The first-order valence-corrected chi connectivity index (χ1v) is 7.98. The Morgan fingerprint density at radius 2 is 2.00 bits per heavy atom. The van der Waals surface area contributed by atoms with Crippen LogP contribution in [0.4, 0.5) is 4.39 Å². The van der Waals surface area contributed by atoms with Gasteiger partial charge in [0.05, 0.1) is 16.6 Å². The third-order valence-electron chi connectivity index (χ3n) is 3.84. The van der Waals surface area contributed by atoms with Crippen molar-refractivity contribution in [2.24, 2.45) is 0 Å². The minimum Gasteiger partial charge on any atom is -0.360 e. The van der Waals surface area contributed by atoms with E-state index in [4.69, 9.17) is 16.1 Å². The normalized spacial score (nSPS) is 12.0. The van der Waals surface area contributed by atoms with Crippen LogP contribution in [0.15, 0.2) is 47.2 Å². The maximum Gasteiger partial charge on any atom is 0.257 e. The van der Waals surface area contributed by atoms with Crippen molar-refractivity contribution in [3.8, 4) is 11.3 Å². The molecule has 128 valence electrons. The van der Waals surface area contributed by atoms with E-state index < -0.39 is 11.7 Å². The van der Waals surface area contributed by atoms with Gasteiger partial charge in [-0.1, -0.05) is 22.8 Å². The van der Waals surface area contributed by atoms with Gasteiger partial charge < -0.3 is 9.84 Å². The average molecular weight is 360 g/mol. The van der Waals surface area contributed by atoms with Crippen molar-refractivity contribution in [1.82, 2.24) is 15.5 Å². The summed E-state index contributed by atoms with van der Waals surface area (Å²) in [5.41, 5.74) is 1.18. The zero-order valence-corrected chi connectivity index (χ0v) is 14.3. The standard InChI is InChI=1S/C18H15ClFN3O2/c1-10(12-6-8-21-9-7-12)22-18(24)15-11(2)25-23-17(15)16-13(19)4-3-5-14(16)20/h3-10H,1-2H3,(H,22,24)/t10-/m1/s1. The Balaban J connectivity index is 1.96. The van der Waals surface area contributed by atoms with Crippen LogP contribution < -0.4 is 5.32 Å². The summed E-state index contributed by atoms with van der Waals surface area (Å²) in [5, 5.41) is 6.85. The summed E-state index contributed by atoms with van der Waals surface area (Å²) >= 11 is 6.09. The molecule has 0 saturated carbocycles. The Morgan fingerprint density at radius 3 is 2.68 bits per heavy atom. The predicted molar refractivity (Wildman–Crippen MR) is 91.8 cm³/mol. The topological polar surface area (TPSA) is 68.0 Å². The molecule has 25 heavy (non-hydrogen) atoms. The number of carbonyl (C=O) groups excluding carboxylic acids is 1. The molecule has 7 heteroatoms. The zero-order chi connectivity index (χ0) is 18.0. The number of hydrogen-bond acceptors (Lipinski definition) is 4. The number of aryl methyl sites for hydroxylation is 1. The molecule has 1 atom stereocenters. The van der Waals surface area contributed by atoms with Gasteiger partial charge in [-0.25, -0.2) is 4.39 Å². The summed E-state index contributed by atoms with van der Waals surface area (Å²) in [7, 11) is 0. The van der Waals surface area contributed by atoms with Crippen LogP contribution in [-0.2, 0) is 0 Å². The molecule has 0 aliphatic carbocycles. The molecule has 2 heterocycles. The van der Waals surface area contributed by atoms with Gasteiger partial charge in [-0.3, -0.25) is 9.78 Å². The van der Waals surface area contributed by atoms with Crippen LogP contribution in [0.2, 0.25) is 5.02 Å². The monoisotopic (exact) mass is 359 g/mol. The van der Waals surface area contributed by atoms with Crippen LogP contribution >= 0.6 is 11.6 Å². The molecule has 1 N–H and O–H groups in total. The van der Waals surface area contributed by atoms with Crippen LogP contribution in [0.3, 0.4) is 0 Å². The fraction of sp³-hybridized carbons (Fsp3) is 0.167. The molecule has 0 radical (unpaired) electrons. The Labute approximate surface area is 148 Å². The van der Waals surface area contributed by atoms with Crippen molar-refractivity contribution < 1.29 is 13.7 Å². The van der Waals surface area contributed by atoms with Gasteiger partial charge in [-0.05, 0) is 43.7 Å². The summed E-state index contributed by atoms with van der Waals surface area (Å²) in [4.78, 5) is 16.7. The van der Waals surface area contributed by atoms with Crippen molar-refractivity contribution in [3.05, 3.63) is 70.5 Å². The number of halogens is 2. The predicted octanol–water partition coefficient (Wildman–Crippen LogP) is 4.33. The highest BCUT2D eigenvalue weighted by Crippen LogP contribution is 2.33. The van der Waals surface area contributed by atoms with Gasteiger partial charge in [0.2, 0.25) is 0 Å². The summed E-state index contributed by atoms with van der Waals surface area (Å²) in [5.74, 6) is -0.705. The number of aromatic nitrogens is 2. The summed E-state index contributed by atoms with van der Waals surface area (Å²) < 4.78 is 19.3. The SMILES string of the molecule is Cc1onc(-c2c(F)cccc2Cl)c1C(=O)N[C@H](C)c1ccncc1. The lowest BCUT2D eigenvalue weighted by Crippen LogP contribution is -2.27. The highest BCUT2D eigenvalue weighted by molar-refractivity contribution is 6.33. The van der Waals surface area contributed by atoms with E-state index in [-0.39, 0.29) is 33.6 Å². The first-order chi connectivity index (χ1) is 12.0. The van der Waals surface area contributed by atoms with Crippen LogP contribution in [0.25, 0.3) is 11.3 Å². The lowest BCUT2D eigenvalue weighted by molar-refractivity contribution is 0.0939. The molecule has 0 unspecified atom stereocenters. The van der Waals surface area contributed by atoms with Crippen LogP contribution in [0.1, 0.15) is 34.6 Å². The fourth-order valence-electron chi connectivity index (χ4n) is 2.54. The second-order valence-electron chi connectivity index (χ2n) is 5.53. The number of benzene rings is 1. The second kappa shape index (κ2) is 7.03. The molecule has 1 amide bonds. The molecular formula is C18H15ClFN3O2. The number of amides is 1.